The number of hydrogen-bond acceptors (Lipinski definition) is 2. The van der Waals surface area contributed by atoms with Gasteiger partial charge in [-0.2, -0.15) is 0 Å². The molecule has 0 radical (unpaired) electrons. The van der Waals surface area contributed by atoms with Crippen molar-refractivity contribution in [3.63, 3.8) is 0 Å². The first kappa shape index (κ1) is 16.1. The maximum atomic E-state index is 11.8. The summed E-state index contributed by atoms with van der Waals surface area (Å²) in [6.07, 6.45) is 1.30. The normalized spacial score (nSPS) is 13.7. The van der Waals surface area contributed by atoms with Crippen LogP contribution in [0.15, 0.2) is 24.3 Å². The van der Waals surface area contributed by atoms with Crippen LogP contribution in [0.5, 0.6) is 5.75 Å². The Labute approximate surface area is 124 Å². The summed E-state index contributed by atoms with van der Waals surface area (Å²) < 4.78 is 5.51. The van der Waals surface area contributed by atoms with Gasteiger partial charge in [-0.05, 0) is 31.5 Å². The van der Waals surface area contributed by atoms with Gasteiger partial charge in [-0.3, -0.25) is 4.79 Å². The van der Waals surface area contributed by atoms with Crippen molar-refractivity contribution < 1.29 is 9.53 Å². The van der Waals surface area contributed by atoms with Gasteiger partial charge in [0.25, 0.3) is 5.91 Å². The first-order chi connectivity index (χ1) is 9.02. The van der Waals surface area contributed by atoms with Crippen LogP contribution in [0.1, 0.15) is 26.7 Å². The second-order valence-electron chi connectivity index (χ2n) is 4.35. The zero-order valence-corrected chi connectivity index (χ0v) is 12.7. The van der Waals surface area contributed by atoms with Crippen molar-refractivity contribution >= 4 is 29.1 Å². The molecule has 1 amide bonds. The molecule has 0 bridgehead atoms. The van der Waals surface area contributed by atoms with Crippen LogP contribution in [0.3, 0.4) is 0 Å². The van der Waals surface area contributed by atoms with E-state index in [0.717, 1.165) is 12.8 Å². The fraction of sp³-hybridized carbons (Fsp3) is 0.500. The van der Waals surface area contributed by atoms with E-state index in [2.05, 4.69) is 12.2 Å². The van der Waals surface area contributed by atoms with Crippen LogP contribution in [-0.2, 0) is 4.79 Å². The van der Waals surface area contributed by atoms with Gasteiger partial charge >= 0.3 is 0 Å². The van der Waals surface area contributed by atoms with Gasteiger partial charge in [-0.1, -0.05) is 31.0 Å². The molecule has 0 saturated carbocycles. The minimum atomic E-state index is -0.580. The van der Waals surface area contributed by atoms with Gasteiger partial charge in [-0.25, -0.2) is 0 Å². The Kier molecular flexibility index (Phi) is 7.03. The lowest BCUT2D eigenvalue weighted by Crippen LogP contribution is -2.39. The monoisotopic (exact) mass is 303 g/mol. The molecule has 0 saturated heterocycles. The van der Waals surface area contributed by atoms with Gasteiger partial charge < -0.3 is 10.1 Å². The average Bonchev–Trinajstić information content (AvgIpc) is 2.36. The third kappa shape index (κ3) is 6.17. The molecule has 5 heteroatoms. The second-order valence-corrected chi connectivity index (χ2v) is 5.40. The smallest absolute Gasteiger partial charge is 0.260 e. The zero-order valence-electron chi connectivity index (χ0n) is 11.2. The van der Waals surface area contributed by atoms with Crippen LogP contribution >= 0.6 is 23.2 Å². The van der Waals surface area contributed by atoms with Gasteiger partial charge in [0.05, 0.1) is 5.38 Å². The van der Waals surface area contributed by atoms with E-state index in [4.69, 9.17) is 27.9 Å². The topological polar surface area (TPSA) is 38.3 Å². The molecule has 1 aromatic carbocycles. The van der Waals surface area contributed by atoms with Gasteiger partial charge in [0, 0.05) is 11.6 Å². The number of hydrogen-bond donors (Lipinski definition) is 1. The molecule has 2 unspecified atom stereocenters. The van der Waals surface area contributed by atoms with Crippen molar-refractivity contribution in [2.45, 2.75) is 38.2 Å². The second kappa shape index (κ2) is 8.28. The van der Waals surface area contributed by atoms with Crippen molar-refractivity contribution in [2.24, 2.45) is 0 Å². The minimum Gasteiger partial charge on any atom is -0.481 e. The van der Waals surface area contributed by atoms with Crippen LogP contribution < -0.4 is 10.1 Å². The molecule has 0 fully saturated rings. The number of carbonyl (C=O) groups excluding carboxylic acids is 1. The molecule has 2 atom stereocenters. The van der Waals surface area contributed by atoms with E-state index in [9.17, 15) is 4.79 Å². The van der Waals surface area contributed by atoms with E-state index in [0.29, 0.717) is 17.3 Å². The maximum absolute atomic E-state index is 11.8. The highest BCUT2D eigenvalue weighted by Gasteiger charge is 2.15. The number of halogens is 2. The summed E-state index contributed by atoms with van der Waals surface area (Å²) in [5, 5.41) is 3.32. The van der Waals surface area contributed by atoms with Crippen molar-refractivity contribution in [3.8, 4) is 5.75 Å². The molecule has 1 rings (SSSR count). The van der Waals surface area contributed by atoms with Crippen molar-refractivity contribution in [2.75, 3.05) is 6.54 Å². The Morgan fingerprint density at radius 1 is 1.47 bits per heavy atom. The number of alkyl halides is 1. The molecular weight excluding hydrogens is 285 g/mol. The van der Waals surface area contributed by atoms with E-state index in [1.165, 1.54) is 0 Å². The number of nitrogens with one attached hydrogen (secondary N) is 1. The Hall–Kier alpha value is -0.930. The molecule has 0 aliphatic rings. The number of carbonyl (C=O) groups is 1. The lowest BCUT2D eigenvalue weighted by atomic mass is 10.2. The third-order valence-corrected chi connectivity index (χ3v) is 3.19. The lowest BCUT2D eigenvalue weighted by Gasteiger charge is -2.16. The standard InChI is InChI=1S/C14H19Cl2NO2/c1-3-5-12(16)9-17-14(18)10(2)19-13-7-4-6-11(15)8-13/h4,6-8,10,12H,3,5,9H2,1-2H3,(H,17,18). The largest absolute Gasteiger partial charge is 0.481 e. The molecular formula is C14H19Cl2NO2. The Morgan fingerprint density at radius 2 is 2.21 bits per heavy atom. The van der Waals surface area contributed by atoms with E-state index >= 15 is 0 Å². The average molecular weight is 304 g/mol. The lowest BCUT2D eigenvalue weighted by molar-refractivity contribution is -0.127. The van der Waals surface area contributed by atoms with Gasteiger partial charge in [0.1, 0.15) is 5.75 Å². The third-order valence-electron chi connectivity index (χ3n) is 2.58. The number of rotatable bonds is 7. The highest BCUT2D eigenvalue weighted by atomic mass is 35.5. The molecule has 106 valence electrons. The van der Waals surface area contributed by atoms with E-state index in [-0.39, 0.29) is 11.3 Å². The fourth-order valence-corrected chi connectivity index (χ4v) is 2.04. The first-order valence-electron chi connectivity index (χ1n) is 6.37. The van der Waals surface area contributed by atoms with Crippen LogP contribution in [0, 0.1) is 0 Å². The number of ether oxygens (including phenoxy) is 1. The summed E-state index contributed by atoms with van der Waals surface area (Å²) in [7, 11) is 0. The summed E-state index contributed by atoms with van der Waals surface area (Å²) in [5.41, 5.74) is 0. The summed E-state index contributed by atoms with van der Waals surface area (Å²) in [5.74, 6) is 0.396. The van der Waals surface area contributed by atoms with Crippen LogP contribution in [-0.4, -0.2) is 23.9 Å². The molecule has 0 heterocycles. The summed E-state index contributed by atoms with van der Waals surface area (Å²) in [6, 6.07) is 6.96. The summed E-state index contributed by atoms with van der Waals surface area (Å²) in [6.45, 7) is 4.21. The molecule has 0 aliphatic heterocycles. The van der Waals surface area contributed by atoms with Crippen molar-refractivity contribution in [1.29, 1.82) is 0 Å². The molecule has 1 aromatic rings. The Morgan fingerprint density at radius 3 is 2.84 bits per heavy atom. The summed E-state index contributed by atoms with van der Waals surface area (Å²) >= 11 is 11.9. The summed E-state index contributed by atoms with van der Waals surface area (Å²) in [4.78, 5) is 11.8. The van der Waals surface area contributed by atoms with Gasteiger partial charge in [0.15, 0.2) is 6.10 Å². The Bertz CT molecular complexity index is 412. The van der Waals surface area contributed by atoms with Crippen molar-refractivity contribution in [1.82, 2.24) is 5.32 Å². The molecule has 19 heavy (non-hydrogen) atoms. The SMILES string of the molecule is CCCC(Cl)CNC(=O)C(C)Oc1cccc(Cl)c1. The van der Waals surface area contributed by atoms with Gasteiger partial charge in [-0.15, -0.1) is 11.6 Å². The highest BCUT2D eigenvalue weighted by Crippen LogP contribution is 2.18. The molecule has 3 nitrogen and oxygen atoms in total. The van der Waals surface area contributed by atoms with E-state index in [1.54, 1.807) is 31.2 Å². The van der Waals surface area contributed by atoms with Crippen LogP contribution in [0.25, 0.3) is 0 Å². The quantitative estimate of drug-likeness (QED) is 0.781. The highest BCUT2D eigenvalue weighted by molar-refractivity contribution is 6.30. The number of benzene rings is 1. The predicted molar refractivity (Wildman–Crippen MR) is 79.1 cm³/mol. The van der Waals surface area contributed by atoms with E-state index < -0.39 is 6.10 Å². The zero-order chi connectivity index (χ0) is 14.3. The predicted octanol–water partition coefficient (Wildman–Crippen LogP) is 3.63. The number of amides is 1. The fourth-order valence-electron chi connectivity index (χ4n) is 1.57. The molecule has 0 aromatic heterocycles. The van der Waals surface area contributed by atoms with E-state index in [1.807, 2.05) is 0 Å². The maximum Gasteiger partial charge on any atom is 0.260 e. The van der Waals surface area contributed by atoms with Gasteiger partial charge in [0.2, 0.25) is 0 Å². The first-order valence-corrected chi connectivity index (χ1v) is 7.18. The molecule has 0 spiro atoms. The Balaban J connectivity index is 2.40. The molecule has 1 N–H and O–H groups in total. The van der Waals surface area contributed by atoms with Crippen LogP contribution in [0.4, 0.5) is 0 Å². The van der Waals surface area contributed by atoms with Crippen molar-refractivity contribution in [3.05, 3.63) is 29.3 Å². The minimum absolute atomic E-state index is 0.0349. The molecule has 0 aliphatic carbocycles. The van der Waals surface area contributed by atoms with Crippen LogP contribution in [0.2, 0.25) is 5.02 Å².